The molecule has 1 aromatic carbocycles. The number of carbonyl (C=O) groups excluding carboxylic acids is 1. The number of aromatic nitrogens is 1. The maximum atomic E-state index is 12.6. The molecule has 1 fully saturated rings. The number of carboxylic acids is 1. The van der Waals surface area contributed by atoms with Crippen LogP contribution < -0.4 is 9.47 Å². The first kappa shape index (κ1) is 15.9. The van der Waals surface area contributed by atoms with Gasteiger partial charge in [0.1, 0.15) is 10.7 Å². The van der Waals surface area contributed by atoms with Gasteiger partial charge in [0.2, 0.25) is 6.79 Å². The molecule has 1 amide bonds. The van der Waals surface area contributed by atoms with Gasteiger partial charge in [0.15, 0.2) is 11.5 Å². The van der Waals surface area contributed by atoms with Crippen LogP contribution >= 0.6 is 11.3 Å². The molecule has 1 aromatic heterocycles. The number of hydrogen-bond donors (Lipinski definition) is 1. The van der Waals surface area contributed by atoms with Crippen molar-refractivity contribution < 1.29 is 24.2 Å². The van der Waals surface area contributed by atoms with E-state index in [-0.39, 0.29) is 19.2 Å². The Bertz CT molecular complexity index is 834. The van der Waals surface area contributed by atoms with Crippen LogP contribution in [0.25, 0.3) is 10.6 Å². The summed E-state index contributed by atoms with van der Waals surface area (Å²) in [6, 6.07) is 5.54. The van der Waals surface area contributed by atoms with Gasteiger partial charge >= 0.3 is 5.97 Å². The highest BCUT2D eigenvalue weighted by atomic mass is 32.1. The van der Waals surface area contributed by atoms with E-state index >= 15 is 0 Å². The lowest BCUT2D eigenvalue weighted by Gasteiger charge is -2.30. The quantitative estimate of drug-likeness (QED) is 0.904. The maximum absolute atomic E-state index is 12.6. The lowest BCUT2D eigenvalue weighted by molar-refractivity contribution is -0.143. The number of amides is 1. The monoisotopic (exact) mass is 360 g/mol. The van der Waals surface area contributed by atoms with E-state index in [9.17, 15) is 9.59 Å². The van der Waals surface area contributed by atoms with Crippen molar-refractivity contribution >= 4 is 23.2 Å². The number of benzene rings is 1. The molecule has 25 heavy (non-hydrogen) atoms. The number of fused-ring (bicyclic) bond motifs is 1. The molecule has 0 spiro atoms. The zero-order chi connectivity index (χ0) is 17.4. The topological polar surface area (TPSA) is 89.0 Å². The summed E-state index contributed by atoms with van der Waals surface area (Å²) in [5.41, 5.74) is 1.21. The molecule has 0 aliphatic carbocycles. The van der Waals surface area contributed by atoms with Crippen LogP contribution in [0.5, 0.6) is 11.5 Å². The summed E-state index contributed by atoms with van der Waals surface area (Å²) in [6.07, 6.45) is 1.31. The van der Waals surface area contributed by atoms with E-state index < -0.39 is 11.9 Å². The Labute approximate surface area is 147 Å². The van der Waals surface area contributed by atoms with Crippen molar-refractivity contribution in [1.82, 2.24) is 9.88 Å². The minimum atomic E-state index is -0.850. The Balaban J connectivity index is 1.52. The summed E-state index contributed by atoms with van der Waals surface area (Å²) in [4.78, 5) is 29.8. The second-order valence-electron chi connectivity index (χ2n) is 6.03. The number of hydrogen-bond acceptors (Lipinski definition) is 6. The minimum absolute atomic E-state index is 0.208. The highest BCUT2D eigenvalue weighted by molar-refractivity contribution is 7.13. The molecule has 8 heteroatoms. The molecule has 0 radical (unpaired) electrons. The maximum Gasteiger partial charge on any atom is 0.308 e. The Kier molecular flexibility index (Phi) is 4.04. The van der Waals surface area contributed by atoms with E-state index in [1.54, 1.807) is 10.3 Å². The van der Waals surface area contributed by atoms with Crippen LogP contribution in [0.4, 0.5) is 0 Å². The van der Waals surface area contributed by atoms with Crippen LogP contribution in [-0.4, -0.2) is 46.7 Å². The van der Waals surface area contributed by atoms with Gasteiger partial charge in [0.05, 0.1) is 5.92 Å². The highest BCUT2D eigenvalue weighted by Crippen LogP contribution is 2.36. The standard InChI is InChI=1S/C17H16N2O5S/c20-16(19-5-1-2-11(7-19)17(21)22)12-8-25-15(18-12)10-3-4-13-14(6-10)24-9-23-13/h3-4,6,8,11H,1-2,5,7,9H2,(H,21,22)/t11-/m0/s1. The van der Waals surface area contributed by atoms with Crippen LogP contribution in [0.3, 0.4) is 0 Å². The molecule has 2 aliphatic heterocycles. The third kappa shape index (κ3) is 3.05. The van der Waals surface area contributed by atoms with Gasteiger partial charge in [-0.15, -0.1) is 11.3 Å². The molecule has 130 valence electrons. The first-order valence-electron chi connectivity index (χ1n) is 7.99. The molecule has 1 atom stereocenters. The van der Waals surface area contributed by atoms with Gasteiger partial charge in [-0.25, -0.2) is 4.98 Å². The van der Waals surface area contributed by atoms with Crippen LogP contribution in [0.2, 0.25) is 0 Å². The average Bonchev–Trinajstić information content (AvgIpc) is 3.29. The predicted octanol–water partition coefficient (Wildman–Crippen LogP) is 2.48. The number of nitrogens with zero attached hydrogens (tertiary/aromatic N) is 2. The normalized spacial score (nSPS) is 19.0. The van der Waals surface area contributed by atoms with Gasteiger partial charge in [-0.05, 0) is 31.0 Å². The van der Waals surface area contributed by atoms with Gasteiger partial charge in [-0.2, -0.15) is 0 Å². The molecular weight excluding hydrogens is 344 g/mol. The number of ether oxygens (including phenoxy) is 2. The largest absolute Gasteiger partial charge is 0.481 e. The summed E-state index contributed by atoms with van der Waals surface area (Å²) >= 11 is 1.38. The second-order valence-corrected chi connectivity index (χ2v) is 6.89. The van der Waals surface area contributed by atoms with Gasteiger partial charge in [0.25, 0.3) is 5.91 Å². The molecule has 2 aliphatic rings. The zero-order valence-corrected chi connectivity index (χ0v) is 14.1. The van der Waals surface area contributed by atoms with Crippen molar-refractivity contribution in [2.75, 3.05) is 19.9 Å². The number of rotatable bonds is 3. The van der Waals surface area contributed by atoms with Crippen molar-refractivity contribution in [3.63, 3.8) is 0 Å². The van der Waals surface area contributed by atoms with Crippen LogP contribution in [-0.2, 0) is 4.79 Å². The molecule has 0 bridgehead atoms. The minimum Gasteiger partial charge on any atom is -0.481 e. The van der Waals surface area contributed by atoms with E-state index in [0.29, 0.717) is 41.6 Å². The van der Waals surface area contributed by atoms with E-state index in [0.717, 1.165) is 5.56 Å². The Hall–Kier alpha value is -2.61. The number of carbonyl (C=O) groups is 2. The SMILES string of the molecule is O=C(O)[C@H]1CCCN(C(=O)c2csc(-c3ccc4c(c3)OCO4)n2)C1. The summed E-state index contributed by atoms with van der Waals surface area (Å²) in [6.45, 7) is 1.02. The van der Waals surface area contributed by atoms with Crippen LogP contribution in [0.15, 0.2) is 23.6 Å². The van der Waals surface area contributed by atoms with Crippen LogP contribution in [0.1, 0.15) is 23.3 Å². The number of likely N-dealkylation sites (tertiary alicyclic amines) is 1. The molecule has 3 heterocycles. The van der Waals surface area contributed by atoms with Crippen molar-refractivity contribution in [3.8, 4) is 22.1 Å². The van der Waals surface area contributed by atoms with E-state index in [2.05, 4.69) is 4.98 Å². The van der Waals surface area contributed by atoms with E-state index in [1.165, 1.54) is 11.3 Å². The van der Waals surface area contributed by atoms with Crippen LogP contribution in [0, 0.1) is 5.92 Å². The lowest BCUT2D eigenvalue weighted by Crippen LogP contribution is -2.42. The first-order valence-corrected chi connectivity index (χ1v) is 8.87. The molecule has 4 rings (SSSR count). The molecule has 2 aromatic rings. The van der Waals surface area contributed by atoms with Crippen molar-refractivity contribution in [3.05, 3.63) is 29.3 Å². The highest BCUT2D eigenvalue weighted by Gasteiger charge is 2.29. The summed E-state index contributed by atoms with van der Waals surface area (Å²) < 4.78 is 10.7. The number of piperidine rings is 1. The third-order valence-electron chi connectivity index (χ3n) is 4.40. The van der Waals surface area contributed by atoms with E-state index in [1.807, 2.05) is 18.2 Å². The molecule has 0 saturated carbocycles. The Morgan fingerprint density at radius 1 is 1.28 bits per heavy atom. The molecule has 7 nitrogen and oxygen atoms in total. The van der Waals surface area contributed by atoms with Crippen molar-refractivity contribution in [1.29, 1.82) is 0 Å². The number of aliphatic carboxylic acids is 1. The summed E-state index contributed by atoms with van der Waals surface area (Å²) in [5.74, 6) is -0.193. The molecule has 1 N–H and O–H groups in total. The second kappa shape index (κ2) is 6.36. The number of thiazole rings is 1. The fourth-order valence-electron chi connectivity index (χ4n) is 3.06. The average molecular weight is 360 g/mol. The first-order chi connectivity index (χ1) is 12.1. The fraction of sp³-hybridized carbons (Fsp3) is 0.353. The zero-order valence-electron chi connectivity index (χ0n) is 13.3. The van der Waals surface area contributed by atoms with Gasteiger partial charge < -0.3 is 19.5 Å². The fourth-order valence-corrected chi connectivity index (χ4v) is 3.85. The van der Waals surface area contributed by atoms with Crippen molar-refractivity contribution in [2.24, 2.45) is 5.92 Å². The predicted molar refractivity (Wildman–Crippen MR) is 89.9 cm³/mol. The third-order valence-corrected chi connectivity index (χ3v) is 5.29. The molecule has 0 unspecified atom stereocenters. The molecular formula is C17H16N2O5S. The molecule has 1 saturated heterocycles. The Morgan fingerprint density at radius 3 is 2.96 bits per heavy atom. The Morgan fingerprint density at radius 2 is 2.12 bits per heavy atom. The van der Waals surface area contributed by atoms with E-state index in [4.69, 9.17) is 14.6 Å². The smallest absolute Gasteiger partial charge is 0.308 e. The summed E-state index contributed by atoms with van der Waals surface area (Å²) in [5, 5.41) is 11.6. The van der Waals surface area contributed by atoms with Gasteiger partial charge in [0, 0.05) is 24.0 Å². The van der Waals surface area contributed by atoms with Gasteiger partial charge in [-0.3, -0.25) is 9.59 Å². The summed E-state index contributed by atoms with van der Waals surface area (Å²) in [7, 11) is 0. The lowest BCUT2D eigenvalue weighted by atomic mass is 9.98. The van der Waals surface area contributed by atoms with Crippen molar-refractivity contribution in [2.45, 2.75) is 12.8 Å². The number of carboxylic acid groups (broad SMARTS) is 1. The van der Waals surface area contributed by atoms with Gasteiger partial charge in [-0.1, -0.05) is 0 Å².